The number of hydrogen-bond donors (Lipinski definition) is 4. The van der Waals surface area contributed by atoms with Gasteiger partial charge in [0.2, 0.25) is 0 Å². The van der Waals surface area contributed by atoms with Crippen molar-refractivity contribution >= 4 is 31.7 Å². The van der Waals surface area contributed by atoms with Crippen molar-refractivity contribution in [1.82, 2.24) is 3.71 Å². The molecule has 0 aromatic heterocycles. The van der Waals surface area contributed by atoms with E-state index in [4.69, 9.17) is 7.52 Å². The topological polar surface area (TPSA) is 70.0 Å². The summed E-state index contributed by atoms with van der Waals surface area (Å²) >= 11 is 3.26. The van der Waals surface area contributed by atoms with E-state index in [9.17, 15) is 4.79 Å². The van der Waals surface area contributed by atoms with Crippen LogP contribution in [-0.4, -0.2) is 17.3 Å². The van der Waals surface area contributed by atoms with Gasteiger partial charge in [-0.1, -0.05) is 0 Å². The molecule has 0 aromatic carbocycles. The first-order chi connectivity index (χ1) is 4.04. The van der Waals surface area contributed by atoms with Gasteiger partial charge in [-0.3, -0.25) is 0 Å². The summed E-state index contributed by atoms with van der Waals surface area (Å²) in [5, 5.41) is 0. The van der Waals surface area contributed by atoms with Crippen molar-refractivity contribution in [2.75, 3.05) is 0 Å². The zero-order valence-corrected chi connectivity index (χ0v) is 7.76. The van der Waals surface area contributed by atoms with E-state index in [-0.39, 0.29) is 0 Å². The third kappa shape index (κ3) is 5.04. The van der Waals surface area contributed by atoms with E-state index in [2.05, 4.69) is 29.0 Å². The third-order valence-electron chi connectivity index (χ3n) is 0.309. The molecule has 1 amide bonds. The summed E-state index contributed by atoms with van der Waals surface area (Å²) in [7, 11) is 0. The van der Waals surface area contributed by atoms with Crippen LogP contribution in [0.2, 0.25) is 0 Å². The molecule has 0 aliphatic carbocycles. The molecule has 8 heteroatoms. The van der Waals surface area contributed by atoms with Crippen LogP contribution in [0.3, 0.4) is 0 Å². The fourth-order valence-electron chi connectivity index (χ4n) is 0.0971. The maximum atomic E-state index is 10.2. The standard InChI is InChI=1S/CH3NO2S2.Mo.2H2O/c3-1(4)2(5)6;;;/h5-6H,(H,3,4);;2*1H2/q;+3;;/p-3. The van der Waals surface area contributed by atoms with Crippen LogP contribution in [-0.2, 0) is 21.8 Å². The Hall–Kier alpha value is 0.578. The Morgan fingerprint density at radius 3 is 2.11 bits per heavy atom. The molecule has 0 bridgehead atoms. The monoisotopic (exact) mass is 256 g/mol. The predicted octanol–water partition coefficient (Wildman–Crippen LogP) is -0.538. The van der Waals surface area contributed by atoms with Crippen LogP contribution >= 0.6 is 25.6 Å². The van der Waals surface area contributed by atoms with Crippen LogP contribution < -0.4 is 0 Å². The number of carbonyl (C=O) groups is 1. The minimum atomic E-state index is -3.53. The van der Waals surface area contributed by atoms with Crippen LogP contribution in [0, 0.1) is 0 Å². The van der Waals surface area contributed by atoms with Gasteiger partial charge in [-0.05, 0) is 0 Å². The van der Waals surface area contributed by atoms with Crippen LogP contribution in [0.5, 0.6) is 0 Å². The van der Waals surface area contributed by atoms with Crippen LogP contribution in [0.15, 0.2) is 0 Å². The number of carbonyl (C=O) groups excluding carboxylic acids is 1. The molecular formula is CH4MoNO4S2. The van der Waals surface area contributed by atoms with E-state index in [0.29, 0.717) is 3.71 Å². The van der Waals surface area contributed by atoms with Gasteiger partial charge in [0.25, 0.3) is 0 Å². The van der Waals surface area contributed by atoms with Crippen LogP contribution in [0.25, 0.3) is 0 Å². The van der Waals surface area contributed by atoms with E-state index in [0.717, 1.165) is 0 Å². The summed E-state index contributed by atoms with van der Waals surface area (Å²) in [6, 6.07) is 0. The van der Waals surface area contributed by atoms with E-state index in [1.54, 1.807) is 0 Å². The molecule has 0 atom stereocenters. The average molecular weight is 254 g/mol. The molecule has 0 aromatic rings. The zero-order valence-electron chi connectivity index (χ0n) is 3.96. The molecule has 0 aliphatic rings. The molecule has 0 spiro atoms. The fourth-order valence-corrected chi connectivity index (χ4v) is 0.969. The van der Waals surface area contributed by atoms with Gasteiger partial charge in [0.1, 0.15) is 0 Å². The number of thiol groups is 2. The Bertz CT molecular complexity index is 107. The van der Waals surface area contributed by atoms with E-state index in [1.807, 2.05) is 0 Å². The molecule has 0 heterocycles. The first-order valence-electron chi connectivity index (χ1n) is 1.56. The molecule has 55 valence electrons. The van der Waals surface area contributed by atoms with Crippen molar-refractivity contribution in [2.45, 2.75) is 0 Å². The van der Waals surface area contributed by atoms with Gasteiger partial charge in [0, 0.05) is 0 Å². The molecule has 2 N–H and O–H groups in total. The molecule has 5 nitrogen and oxygen atoms in total. The number of hydrogen-bond acceptors (Lipinski definition) is 6. The van der Waals surface area contributed by atoms with E-state index in [1.165, 1.54) is 0 Å². The van der Waals surface area contributed by atoms with Crippen molar-refractivity contribution < 1.29 is 34.2 Å². The third-order valence-corrected chi connectivity index (χ3v) is 1.35. The predicted molar refractivity (Wildman–Crippen MR) is 30.7 cm³/mol. The Kier molecular flexibility index (Phi) is 4.69. The van der Waals surface area contributed by atoms with Crippen molar-refractivity contribution in [3.63, 3.8) is 0 Å². The Balaban J connectivity index is 3.51. The maximum absolute atomic E-state index is 10.2. The van der Waals surface area contributed by atoms with Gasteiger partial charge < -0.3 is 0 Å². The van der Waals surface area contributed by atoms with Gasteiger partial charge in [-0.25, -0.2) is 0 Å². The van der Waals surface area contributed by atoms with Gasteiger partial charge in [0.05, 0.1) is 0 Å². The van der Waals surface area contributed by atoms with Crippen molar-refractivity contribution in [1.29, 1.82) is 0 Å². The summed E-state index contributed by atoms with van der Waals surface area (Å²) in [4.78, 5) is 10.2. The summed E-state index contributed by atoms with van der Waals surface area (Å²) in [5.41, 5.74) is 0. The Morgan fingerprint density at radius 2 is 2.00 bits per heavy atom. The van der Waals surface area contributed by atoms with E-state index < -0.39 is 24.5 Å². The van der Waals surface area contributed by atoms with Crippen molar-refractivity contribution in [2.24, 2.45) is 0 Å². The van der Waals surface area contributed by atoms with Gasteiger partial charge >= 0.3 is 69.6 Å². The van der Waals surface area contributed by atoms with E-state index >= 15 is 0 Å². The first kappa shape index (κ1) is 9.58. The van der Waals surface area contributed by atoms with Crippen LogP contribution in [0.1, 0.15) is 0 Å². The van der Waals surface area contributed by atoms with Crippen molar-refractivity contribution in [3.05, 3.63) is 0 Å². The summed E-state index contributed by atoms with van der Waals surface area (Å²) in [5.74, 6) is 0. The molecular weight excluding hydrogens is 250 g/mol. The molecule has 0 fully saturated rings. The minimum absolute atomic E-state index is 0.514. The van der Waals surface area contributed by atoms with Crippen LogP contribution in [0.4, 0.5) is 4.79 Å². The molecule has 0 unspecified atom stereocenters. The SMILES string of the molecule is O=C([O][Mo]([OH])[OH])N(S)S. The average Bonchev–Trinajstić information content (AvgIpc) is 1.63. The van der Waals surface area contributed by atoms with Gasteiger partial charge in [-0.2, -0.15) is 0 Å². The van der Waals surface area contributed by atoms with Gasteiger partial charge in [0.15, 0.2) is 0 Å². The number of amides is 1. The second-order valence-electron chi connectivity index (χ2n) is 0.869. The second kappa shape index (κ2) is 4.40. The molecule has 9 heavy (non-hydrogen) atoms. The number of rotatable bonds is 1. The summed E-state index contributed by atoms with van der Waals surface area (Å²) < 4.78 is 20.8. The summed E-state index contributed by atoms with van der Waals surface area (Å²) in [6.45, 7) is 0. The Morgan fingerprint density at radius 1 is 1.56 bits per heavy atom. The molecule has 0 radical (unpaired) electrons. The van der Waals surface area contributed by atoms with Gasteiger partial charge in [-0.15, -0.1) is 0 Å². The van der Waals surface area contributed by atoms with Crippen molar-refractivity contribution in [3.8, 4) is 0 Å². The fraction of sp³-hybridized carbons (Fsp3) is 0. The quantitative estimate of drug-likeness (QED) is 0.375. The molecule has 0 saturated carbocycles. The zero-order chi connectivity index (χ0) is 7.44. The summed E-state index contributed by atoms with van der Waals surface area (Å²) in [6.07, 6.45) is -0.983. The Labute approximate surface area is 69.6 Å². The molecule has 0 rings (SSSR count). The first-order valence-corrected chi connectivity index (χ1v) is 4.98. The molecule has 0 aliphatic heterocycles. The second-order valence-corrected chi connectivity index (χ2v) is 3.53. The normalized spacial score (nSPS) is 9.44. The molecule has 0 saturated heterocycles. The number of nitrogens with zero attached hydrogens (tertiary/aromatic N) is 1.